The topological polar surface area (TPSA) is 92.7 Å². The van der Waals surface area contributed by atoms with E-state index in [1.165, 1.54) is 0 Å². The van der Waals surface area contributed by atoms with Crippen LogP contribution in [0, 0.1) is 0 Å². The molecule has 2 aromatic heterocycles. The van der Waals surface area contributed by atoms with Gasteiger partial charge >= 0.3 is 0 Å². The summed E-state index contributed by atoms with van der Waals surface area (Å²) in [7, 11) is 0. The lowest BCUT2D eigenvalue weighted by molar-refractivity contribution is 0.0946. The maximum Gasteiger partial charge on any atom is 0.272 e. The zero-order chi connectivity index (χ0) is 15.8. The lowest BCUT2D eigenvalue weighted by atomic mass is 10.1. The zero-order valence-corrected chi connectivity index (χ0v) is 12.9. The molecule has 8 heteroatoms. The number of aromatic nitrogens is 4. The largest absolute Gasteiger partial charge is 0.345 e. The van der Waals surface area contributed by atoms with Crippen LogP contribution < -0.4 is 10.9 Å². The van der Waals surface area contributed by atoms with Crippen molar-refractivity contribution in [3.63, 3.8) is 0 Å². The van der Waals surface area contributed by atoms with Crippen LogP contribution in [0.25, 0.3) is 10.8 Å². The number of benzene rings is 1. The monoisotopic (exact) mass is 327 g/mol. The Kier molecular flexibility index (Phi) is 3.38. The quantitative estimate of drug-likeness (QED) is 0.753. The molecule has 0 unspecified atom stereocenters. The molecule has 23 heavy (non-hydrogen) atoms. The summed E-state index contributed by atoms with van der Waals surface area (Å²) >= 11 is 1.71. The molecule has 1 aromatic carbocycles. The molecule has 1 aliphatic rings. The van der Waals surface area contributed by atoms with Crippen molar-refractivity contribution in [3.05, 3.63) is 52.2 Å². The number of fused-ring (bicyclic) bond motifs is 2. The van der Waals surface area contributed by atoms with Gasteiger partial charge in [0.15, 0.2) is 10.9 Å². The number of nitrogens with one attached hydrogen (secondary N) is 2. The average molecular weight is 327 g/mol. The van der Waals surface area contributed by atoms with Crippen LogP contribution in [0.1, 0.15) is 16.2 Å². The molecule has 2 N–H and O–H groups in total. The van der Waals surface area contributed by atoms with E-state index in [2.05, 4.69) is 25.1 Å². The number of amides is 1. The summed E-state index contributed by atoms with van der Waals surface area (Å²) < 4.78 is 2.08. The van der Waals surface area contributed by atoms with Gasteiger partial charge in [-0.25, -0.2) is 10.1 Å². The van der Waals surface area contributed by atoms with E-state index in [0.29, 0.717) is 17.3 Å². The molecule has 0 bridgehead atoms. The van der Waals surface area contributed by atoms with Crippen LogP contribution in [0.4, 0.5) is 0 Å². The molecule has 7 nitrogen and oxygen atoms in total. The number of imidazole rings is 1. The minimum Gasteiger partial charge on any atom is -0.345 e. The second-order valence-electron chi connectivity index (χ2n) is 5.19. The Labute approximate surface area is 135 Å². The SMILES string of the molecule is O=C(NCc1cn2c(n1)SCC2)c1n[nH]c(=O)c2ccccc12. The fourth-order valence-electron chi connectivity index (χ4n) is 2.59. The van der Waals surface area contributed by atoms with Crippen LogP contribution in [0.2, 0.25) is 0 Å². The van der Waals surface area contributed by atoms with Crippen LogP contribution >= 0.6 is 11.8 Å². The highest BCUT2D eigenvalue weighted by atomic mass is 32.2. The Morgan fingerprint density at radius 1 is 1.35 bits per heavy atom. The normalized spacial score (nSPS) is 13.2. The predicted octanol–water partition coefficient (Wildman–Crippen LogP) is 1.16. The summed E-state index contributed by atoms with van der Waals surface area (Å²) in [6, 6.07) is 6.92. The molecule has 4 rings (SSSR count). The minimum atomic E-state index is -0.335. The molecule has 1 aliphatic heterocycles. The molecule has 0 saturated carbocycles. The van der Waals surface area contributed by atoms with Crippen molar-refractivity contribution in [1.82, 2.24) is 25.1 Å². The number of H-pyrrole nitrogens is 1. The standard InChI is InChI=1S/C15H13N5O2S/c21-13-11-4-2-1-3-10(11)12(18-19-13)14(22)16-7-9-8-20-5-6-23-15(20)17-9/h1-4,8H,5-7H2,(H,16,22)(H,19,21). The molecule has 3 aromatic rings. The summed E-state index contributed by atoms with van der Waals surface area (Å²) in [5, 5.41) is 11.0. The number of thioether (sulfide) groups is 1. The highest BCUT2D eigenvalue weighted by molar-refractivity contribution is 7.99. The van der Waals surface area contributed by atoms with Gasteiger partial charge in [-0.15, -0.1) is 0 Å². The third-order valence-electron chi connectivity index (χ3n) is 3.69. The smallest absolute Gasteiger partial charge is 0.272 e. The molecule has 0 atom stereocenters. The van der Waals surface area contributed by atoms with E-state index in [9.17, 15) is 9.59 Å². The number of carbonyl (C=O) groups is 1. The van der Waals surface area contributed by atoms with Crippen LogP contribution in [0.5, 0.6) is 0 Å². The van der Waals surface area contributed by atoms with Gasteiger partial charge in [0.05, 0.1) is 17.6 Å². The van der Waals surface area contributed by atoms with Crippen molar-refractivity contribution in [2.75, 3.05) is 5.75 Å². The van der Waals surface area contributed by atoms with Crippen LogP contribution in [-0.4, -0.2) is 31.4 Å². The highest BCUT2D eigenvalue weighted by Crippen LogP contribution is 2.24. The summed E-state index contributed by atoms with van der Waals surface area (Å²) in [5.41, 5.74) is 0.718. The number of carbonyl (C=O) groups excluding carboxylic acids is 1. The first-order chi connectivity index (χ1) is 11.2. The van der Waals surface area contributed by atoms with E-state index < -0.39 is 0 Å². The van der Waals surface area contributed by atoms with Crippen LogP contribution in [-0.2, 0) is 13.1 Å². The first-order valence-electron chi connectivity index (χ1n) is 7.17. The third kappa shape index (κ3) is 2.50. The van der Waals surface area contributed by atoms with Crippen molar-refractivity contribution in [3.8, 4) is 0 Å². The summed E-state index contributed by atoms with van der Waals surface area (Å²) in [4.78, 5) is 28.6. The van der Waals surface area contributed by atoms with Gasteiger partial charge in [-0.05, 0) is 6.07 Å². The van der Waals surface area contributed by atoms with Gasteiger partial charge in [-0.3, -0.25) is 9.59 Å². The molecule has 0 saturated heterocycles. The second-order valence-corrected chi connectivity index (χ2v) is 6.25. The Bertz CT molecular complexity index is 940. The van der Waals surface area contributed by atoms with Gasteiger partial charge < -0.3 is 9.88 Å². The fraction of sp³-hybridized carbons (Fsp3) is 0.200. The van der Waals surface area contributed by atoms with E-state index in [1.54, 1.807) is 36.0 Å². The Morgan fingerprint density at radius 2 is 2.17 bits per heavy atom. The Morgan fingerprint density at radius 3 is 3.00 bits per heavy atom. The van der Waals surface area contributed by atoms with Crippen molar-refractivity contribution >= 4 is 28.4 Å². The highest BCUT2D eigenvalue weighted by Gasteiger charge is 2.17. The predicted molar refractivity (Wildman–Crippen MR) is 86.5 cm³/mol. The van der Waals surface area contributed by atoms with Gasteiger partial charge in [-0.1, -0.05) is 30.0 Å². The average Bonchev–Trinajstić information content (AvgIpc) is 3.14. The van der Waals surface area contributed by atoms with E-state index in [0.717, 1.165) is 23.1 Å². The van der Waals surface area contributed by atoms with Crippen LogP contribution in [0.15, 0.2) is 40.4 Å². The first-order valence-corrected chi connectivity index (χ1v) is 8.15. The molecular formula is C15H13N5O2S. The summed E-state index contributed by atoms with van der Waals surface area (Å²) in [6.45, 7) is 1.28. The lowest BCUT2D eigenvalue weighted by Crippen LogP contribution is -2.26. The Balaban J connectivity index is 1.57. The molecule has 0 fully saturated rings. The maximum absolute atomic E-state index is 12.4. The van der Waals surface area contributed by atoms with Gasteiger partial charge in [0, 0.05) is 23.9 Å². The lowest BCUT2D eigenvalue weighted by Gasteiger charge is -2.05. The number of hydrogen-bond acceptors (Lipinski definition) is 5. The molecule has 3 heterocycles. The first kappa shape index (κ1) is 14.0. The van der Waals surface area contributed by atoms with Gasteiger partial charge in [0.1, 0.15) is 0 Å². The second kappa shape index (κ2) is 5.54. The van der Waals surface area contributed by atoms with Gasteiger partial charge in [0.2, 0.25) is 0 Å². The van der Waals surface area contributed by atoms with Gasteiger partial charge in [-0.2, -0.15) is 5.10 Å². The Hall–Kier alpha value is -2.61. The third-order valence-corrected chi connectivity index (χ3v) is 4.67. The summed E-state index contributed by atoms with van der Waals surface area (Å²) in [5.74, 6) is 0.709. The summed E-state index contributed by atoms with van der Waals surface area (Å²) in [6.07, 6.45) is 1.95. The molecular weight excluding hydrogens is 314 g/mol. The van der Waals surface area contributed by atoms with Gasteiger partial charge in [0.25, 0.3) is 11.5 Å². The fourth-order valence-corrected chi connectivity index (χ4v) is 3.55. The van der Waals surface area contributed by atoms with Crippen molar-refractivity contribution in [2.24, 2.45) is 0 Å². The number of aryl methyl sites for hydroxylation is 1. The van der Waals surface area contributed by atoms with Crippen molar-refractivity contribution in [1.29, 1.82) is 0 Å². The van der Waals surface area contributed by atoms with E-state index in [4.69, 9.17) is 0 Å². The number of nitrogens with zero attached hydrogens (tertiary/aromatic N) is 3. The molecule has 0 radical (unpaired) electrons. The molecule has 1 amide bonds. The van der Waals surface area contributed by atoms with Crippen molar-refractivity contribution < 1.29 is 4.79 Å². The van der Waals surface area contributed by atoms with E-state index in [1.807, 2.05) is 6.20 Å². The molecule has 0 aliphatic carbocycles. The minimum absolute atomic E-state index is 0.210. The van der Waals surface area contributed by atoms with E-state index >= 15 is 0 Å². The molecule has 0 spiro atoms. The maximum atomic E-state index is 12.4. The van der Waals surface area contributed by atoms with Crippen molar-refractivity contribution in [2.45, 2.75) is 18.2 Å². The number of hydrogen-bond donors (Lipinski definition) is 2. The molecule has 116 valence electrons. The number of rotatable bonds is 3. The number of aromatic amines is 1. The van der Waals surface area contributed by atoms with E-state index in [-0.39, 0.29) is 17.2 Å². The zero-order valence-electron chi connectivity index (χ0n) is 12.1. The van der Waals surface area contributed by atoms with Crippen LogP contribution in [0.3, 0.4) is 0 Å².